The summed E-state index contributed by atoms with van der Waals surface area (Å²) in [5, 5.41) is 2.85. The molecule has 102 valence electrons. The highest BCUT2D eigenvalue weighted by Gasteiger charge is 2.15. The molecule has 1 amide bonds. The van der Waals surface area contributed by atoms with Crippen LogP contribution in [0.4, 0.5) is 5.69 Å². The van der Waals surface area contributed by atoms with Crippen LogP contribution in [-0.4, -0.2) is 11.7 Å². The number of thioether (sulfide) groups is 1. The first-order chi connectivity index (χ1) is 9.70. The number of benzene rings is 2. The van der Waals surface area contributed by atoms with Crippen molar-refractivity contribution in [2.75, 3.05) is 11.1 Å². The van der Waals surface area contributed by atoms with Crippen LogP contribution in [0.5, 0.6) is 5.75 Å². The zero-order valence-electron chi connectivity index (χ0n) is 10.6. The minimum atomic E-state index is 0.0473. The Kier molecular flexibility index (Phi) is 3.98. The van der Waals surface area contributed by atoms with Crippen LogP contribution in [0.25, 0.3) is 0 Å². The number of fused-ring (bicyclic) bond motifs is 1. The van der Waals surface area contributed by atoms with Crippen LogP contribution in [0.3, 0.4) is 0 Å². The highest BCUT2D eigenvalue weighted by molar-refractivity contribution is 9.10. The lowest BCUT2D eigenvalue weighted by atomic mass is 10.2. The Bertz CT molecular complexity index is 643. The van der Waals surface area contributed by atoms with Crippen molar-refractivity contribution in [3.63, 3.8) is 0 Å². The molecule has 5 heteroatoms. The lowest BCUT2D eigenvalue weighted by Gasteiger charge is -2.17. The van der Waals surface area contributed by atoms with E-state index in [0.29, 0.717) is 12.4 Å². The maximum Gasteiger partial charge on any atom is 0.234 e. The van der Waals surface area contributed by atoms with E-state index in [1.165, 1.54) is 11.8 Å². The summed E-state index contributed by atoms with van der Waals surface area (Å²) < 4.78 is 6.84. The predicted molar refractivity (Wildman–Crippen MR) is 84.3 cm³/mol. The van der Waals surface area contributed by atoms with Crippen molar-refractivity contribution in [2.45, 2.75) is 11.5 Å². The summed E-state index contributed by atoms with van der Waals surface area (Å²) in [5.41, 5.74) is 1.98. The zero-order valence-corrected chi connectivity index (χ0v) is 13.0. The SMILES string of the molecule is O=C1CSc2cc(OCc3ccc(Br)cc3)ccc2N1. The van der Waals surface area contributed by atoms with E-state index >= 15 is 0 Å². The Morgan fingerprint density at radius 1 is 1.20 bits per heavy atom. The van der Waals surface area contributed by atoms with Gasteiger partial charge in [0.1, 0.15) is 12.4 Å². The largest absolute Gasteiger partial charge is 0.489 e. The number of ether oxygens (including phenoxy) is 1. The van der Waals surface area contributed by atoms with Crippen molar-refractivity contribution < 1.29 is 9.53 Å². The fraction of sp³-hybridized carbons (Fsp3) is 0.133. The summed E-state index contributed by atoms with van der Waals surface area (Å²) in [6.07, 6.45) is 0. The van der Waals surface area contributed by atoms with Gasteiger partial charge in [0.2, 0.25) is 5.91 Å². The fourth-order valence-electron chi connectivity index (χ4n) is 1.89. The van der Waals surface area contributed by atoms with E-state index in [1.54, 1.807) is 0 Å². The molecule has 0 saturated carbocycles. The van der Waals surface area contributed by atoms with Gasteiger partial charge in [-0.3, -0.25) is 4.79 Å². The maximum absolute atomic E-state index is 11.3. The number of hydrogen-bond acceptors (Lipinski definition) is 3. The van der Waals surface area contributed by atoms with Gasteiger partial charge in [0.05, 0.1) is 11.4 Å². The van der Waals surface area contributed by atoms with E-state index in [0.717, 1.165) is 26.4 Å². The van der Waals surface area contributed by atoms with Gasteiger partial charge in [-0.1, -0.05) is 28.1 Å². The summed E-state index contributed by atoms with van der Waals surface area (Å²) in [4.78, 5) is 12.3. The summed E-state index contributed by atoms with van der Waals surface area (Å²) in [6, 6.07) is 13.8. The molecular formula is C15H12BrNO2S. The Labute approximate surface area is 129 Å². The van der Waals surface area contributed by atoms with Crippen LogP contribution in [0, 0.1) is 0 Å². The van der Waals surface area contributed by atoms with Gasteiger partial charge < -0.3 is 10.1 Å². The lowest BCUT2D eigenvalue weighted by molar-refractivity contribution is -0.113. The third-order valence-corrected chi connectivity index (χ3v) is 4.49. The molecule has 0 saturated heterocycles. The standard InChI is InChI=1S/C15H12BrNO2S/c16-11-3-1-10(2-4-11)8-19-12-5-6-13-14(7-12)20-9-15(18)17-13/h1-7H,8-9H2,(H,17,18). The second kappa shape index (κ2) is 5.89. The van der Waals surface area contributed by atoms with Crippen molar-refractivity contribution in [1.82, 2.24) is 0 Å². The van der Waals surface area contributed by atoms with Gasteiger partial charge in [-0.25, -0.2) is 0 Å². The van der Waals surface area contributed by atoms with E-state index in [-0.39, 0.29) is 5.91 Å². The van der Waals surface area contributed by atoms with Gasteiger partial charge in [0.25, 0.3) is 0 Å². The van der Waals surface area contributed by atoms with Gasteiger partial charge >= 0.3 is 0 Å². The number of amides is 1. The molecule has 0 atom stereocenters. The Morgan fingerprint density at radius 2 is 2.00 bits per heavy atom. The van der Waals surface area contributed by atoms with Crippen molar-refractivity contribution >= 4 is 39.3 Å². The first-order valence-electron chi connectivity index (χ1n) is 6.15. The van der Waals surface area contributed by atoms with E-state index in [2.05, 4.69) is 21.2 Å². The molecule has 20 heavy (non-hydrogen) atoms. The molecule has 2 aromatic rings. The van der Waals surface area contributed by atoms with E-state index in [4.69, 9.17) is 4.74 Å². The molecule has 1 N–H and O–H groups in total. The van der Waals surface area contributed by atoms with Crippen LogP contribution >= 0.6 is 27.7 Å². The molecule has 0 radical (unpaired) electrons. The molecular weight excluding hydrogens is 338 g/mol. The quantitative estimate of drug-likeness (QED) is 0.907. The number of carbonyl (C=O) groups excluding carboxylic acids is 1. The number of halogens is 1. The third kappa shape index (κ3) is 3.16. The molecule has 0 bridgehead atoms. The first kappa shape index (κ1) is 13.5. The van der Waals surface area contributed by atoms with E-state index in [1.807, 2.05) is 42.5 Å². The summed E-state index contributed by atoms with van der Waals surface area (Å²) in [6.45, 7) is 0.531. The average molecular weight is 350 g/mol. The van der Waals surface area contributed by atoms with Gasteiger partial charge in [-0.15, -0.1) is 11.8 Å². The zero-order chi connectivity index (χ0) is 13.9. The van der Waals surface area contributed by atoms with Crippen LogP contribution in [0.1, 0.15) is 5.56 Å². The van der Waals surface area contributed by atoms with E-state index in [9.17, 15) is 4.79 Å². The minimum Gasteiger partial charge on any atom is -0.489 e. The maximum atomic E-state index is 11.3. The number of anilines is 1. The Hall–Kier alpha value is -1.46. The highest BCUT2D eigenvalue weighted by atomic mass is 79.9. The first-order valence-corrected chi connectivity index (χ1v) is 7.92. The molecule has 0 aliphatic carbocycles. The molecule has 1 aliphatic rings. The van der Waals surface area contributed by atoms with Crippen molar-refractivity contribution in [3.05, 3.63) is 52.5 Å². The van der Waals surface area contributed by atoms with Crippen LogP contribution in [0.2, 0.25) is 0 Å². The normalized spacial score (nSPS) is 13.6. The van der Waals surface area contributed by atoms with Crippen LogP contribution in [-0.2, 0) is 11.4 Å². The van der Waals surface area contributed by atoms with Gasteiger partial charge in [0.15, 0.2) is 0 Å². The predicted octanol–water partition coefficient (Wildman–Crippen LogP) is 4.07. The fourth-order valence-corrected chi connectivity index (χ4v) is 2.99. The van der Waals surface area contributed by atoms with Gasteiger partial charge in [-0.2, -0.15) is 0 Å². The summed E-state index contributed by atoms with van der Waals surface area (Å²) in [7, 11) is 0. The molecule has 1 heterocycles. The third-order valence-electron chi connectivity index (χ3n) is 2.90. The van der Waals surface area contributed by atoms with Gasteiger partial charge in [0, 0.05) is 9.37 Å². The van der Waals surface area contributed by atoms with Crippen molar-refractivity contribution in [1.29, 1.82) is 0 Å². The second-order valence-corrected chi connectivity index (χ2v) is 6.34. The molecule has 1 aliphatic heterocycles. The molecule has 0 fully saturated rings. The Balaban J connectivity index is 1.69. The molecule has 0 aromatic heterocycles. The van der Waals surface area contributed by atoms with Crippen LogP contribution < -0.4 is 10.1 Å². The monoisotopic (exact) mass is 349 g/mol. The Morgan fingerprint density at radius 3 is 2.80 bits per heavy atom. The summed E-state index contributed by atoms with van der Waals surface area (Å²) >= 11 is 4.95. The molecule has 0 unspecified atom stereocenters. The van der Waals surface area contributed by atoms with Crippen LogP contribution in [0.15, 0.2) is 51.8 Å². The summed E-state index contributed by atoms with van der Waals surface area (Å²) in [5.74, 6) is 1.32. The molecule has 0 spiro atoms. The minimum absolute atomic E-state index is 0.0473. The molecule has 3 nitrogen and oxygen atoms in total. The number of hydrogen-bond donors (Lipinski definition) is 1. The number of carbonyl (C=O) groups is 1. The van der Waals surface area contributed by atoms with Crippen molar-refractivity contribution in [2.24, 2.45) is 0 Å². The molecule has 2 aromatic carbocycles. The lowest BCUT2D eigenvalue weighted by Crippen LogP contribution is -2.18. The topological polar surface area (TPSA) is 38.3 Å². The highest BCUT2D eigenvalue weighted by Crippen LogP contribution is 2.34. The van der Waals surface area contributed by atoms with Crippen molar-refractivity contribution in [3.8, 4) is 5.75 Å². The smallest absolute Gasteiger partial charge is 0.234 e. The molecule has 3 rings (SSSR count). The average Bonchev–Trinajstić information content (AvgIpc) is 2.46. The van der Waals surface area contributed by atoms with E-state index < -0.39 is 0 Å². The number of nitrogens with one attached hydrogen (secondary N) is 1. The second-order valence-electron chi connectivity index (χ2n) is 4.41. The number of rotatable bonds is 3. The van der Waals surface area contributed by atoms with Gasteiger partial charge in [-0.05, 0) is 35.9 Å².